The van der Waals surface area contributed by atoms with E-state index in [0.29, 0.717) is 23.3 Å². The maximum atomic E-state index is 13.0. The molecular weight excluding hydrogens is 361 g/mol. The van der Waals surface area contributed by atoms with Crippen molar-refractivity contribution in [2.24, 2.45) is 0 Å². The molecule has 27 heavy (non-hydrogen) atoms. The van der Waals surface area contributed by atoms with Crippen LogP contribution in [0.3, 0.4) is 0 Å². The van der Waals surface area contributed by atoms with Crippen LogP contribution < -0.4 is 5.73 Å². The standard InChI is InChI=1S/C20H18FN5S/c1-13-17(11-14-5-3-2-4-6-14)23-19(22)26-18(13)24-25-20(26)27-12-15-7-9-16(21)10-8-15/h2-10H,11-12H2,1H3,(H2,22,23). The largest absolute Gasteiger partial charge is 0.369 e. The van der Waals surface area contributed by atoms with Crippen LogP contribution in [0.2, 0.25) is 0 Å². The van der Waals surface area contributed by atoms with E-state index in [1.165, 1.54) is 29.5 Å². The fraction of sp³-hybridized carbons (Fsp3) is 0.150. The minimum atomic E-state index is -0.244. The van der Waals surface area contributed by atoms with Crippen LogP contribution in [0.4, 0.5) is 10.3 Å². The lowest BCUT2D eigenvalue weighted by Crippen LogP contribution is -2.08. The highest BCUT2D eigenvalue weighted by atomic mass is 32.2. The van der Waals surface area contributed by atoms with Gasteiger partial charge in [-0.3, -0.25) is 0 Å². The van der Waals surface area contributed by atoms with Gasteiger partial charge in [0.05, 0.1) is 5.69 Å². The van der Waals surface area contributed by atoms with Gasteiger partial charge in [0, 0.05) is 17.7 Å². The molecule has 0 amide bonds. The first-order valence-electron chi connectivity index (χ1n) is 8.53. The Hall–Kier alpha value is -2.93. The average molecular weight is 379 g/mol. The van der Waals surface area contributed by atoms with Crippen molar-refractivity contribution >= 4 is 23.4 Å². The Kier molecular flexibility index (Phi) is 4.77. The van der Waals surface area contributed by atoms with Crippen LogP contribution in [-0.2, 0) is 12.2 Å². The second-order valence-corrected chi connectivity index (χ2v) is 7.20. The summed E-state index contributed by atoms with van der Waals surface area (Å²) in [4.78, 5) is 4.59. The lowest BCUT2D eigenvalue weighted by molar-refractivity contribution is 0.627. The van der Waals surface area contributed by atoms with E-state index < -0.39 is 0 Å². The normalized spacial score (nSPS) is 11.2. The Morgan fingerprint density at radius 1 is 1.00 bits per heavy atom. The fourth-order valence-electron chi connectivity index (χ4n) is 2.90. The van der Waals surface area contributed by atoms with Crippen molar-refractivity contribution < 1.29 is 4.39 Å². The molecule has 0 aliphatic heterocycles. The molecule has 2 N–H and O–H groups in total. The van der Waals surface area contributed by atoms with Crippen molar-refractivity contribution in [2.45, 2.75) is 24.3 Å². The molecule has 2 aromatic heterocycles. The molecule has 0 radical (unpaired) electrons. The molecule has 2 aromatic carbocycles. The minimum Gasteiger partial charge on any atom is -0.369 e. The Balaban J connectivity index is 1.62. The smallest absolute Gasteiger partial charge is 0.208 e. The number of nitrogens with zero attached hydrogens (tertiary/aromatic N) is 4. The number of thioether (sulfide) groups is 1. The number of aromatic nitrogens is 4. The molecule has 4 aromatic rings. The number of fused-ring (bicyclic) bond motifs is 1. The summed E-state index contributed by atoms with van der Waals surface area (Å²) in [5.74, 6) is 0.769. The summed E-state index contributed by atoms with van der Waals surface area (Å²) in [7, 11) is 0. The third-order valence-corrected chi connectivity index (χ3v) is 5.38. The van der Waals surface area contributed by atoms with Crippen LogP contribution in [0.1, 0.15) is 22.4 Å². The molecule has 7 heteroatoms. The van der Waals surface area contributed by atoms with Gasteiger partial charge in [0.2, 0.25) is 5.95 Å². The number of nitrogen functional groups attached to an aromatic ring is 1. The summed E-state index contributed by atoms with van der Waals surface area (Å²) < 4.78 is 14.8. The highest BCUT2D eigenvalue weighted by molar-refractivity contribution is 7.98. The number of rotatable bonds is 5. The zero-order valence-corrected chi connectivity index (χ0v) is 15.6. The topological polar surface area (TPSA) is 69.1 Å². The van der Waals surface area contributed by atoms with E-state index in [0.717, 1.165) is 22.5 Å². The summed E-state index contributed by atoms with van der Waals surface area (Å²) >= 11 is 1.50. The highest BCUT2D eigenvalue weighted by Crippen LogP contribution is 2.26. The zero-order chi connectivity index (χ0) is 18.8. The van der Waals surface area contributed by atoms with Gasteiger partial charge in [-0.05, 0) is 30.2 Å². The quantitative estimate of drug-likeness (QED) is 0.530. The van der Waals surface area contributed by atoms with Gasteiger partial charge in [0.1, 0.15) is 5.82 Å². The summed E-state index contributed by atoms with van der Waals surface area (Å²) in [6.07, 6.45) is 0.693. The van der Waals surface area contributed by atoms with E-state index in [1.807, 2.05) is 25.1 Å². The molecule has 0 bridgehead atoms. The maximum Gasteiger partial charge on any atom is 0.208 e. The Labute approximate surface area is 160 Å². The first-order chi connectivity index (χ1) is 13.1. The van der Waals surface area contributed by atoms with Gasteiger partial charge < -0.3 is 5.73 Å². The second-order valence-electron chi connectivity index (χ2n) is 6.26. The van der Waals surface area contributed by atoms with E-state index in [9.17, 15) is 4.39 Å². The number of aryl methyl sites for hydroxylation is 1. The third-order valence-electron chi connectivity index (χ3n) is 4.38. The van der Waals surface area contributed by atoms with Gasteiger partial charge in [-0.15, -0.1) is 10.2 Å². The third kappa shape index (κ3) is 3.64. The molecule has 0 aliphatic carbocycles. The van der Waals surface area contributed by atoms with Gasteiger partial charge in [0.15, 0.2) is 10.8 Å². The van der Waals surface area contributed by atoms with Crippen LogP contribution in [0.15, 0.2) is 59.8 Å². The van der Waals surface area contributed by atoms with Crippen molar-refractivity contribution in [3.63, 3.8) is 0 Å². The molecule has 0 fully saturated rings. The van der Waals surface area contributed by atoms with E-state index in [4.69, 9.17) is 5.73 Å². The van der Waals surface area contributed by atoms with Crippen LogP contribution in [-0.4, -0.2) is 19.6 Å². The molecule has 2 heterocycles. The van der Waals surface area contributed by atoms with E-state index in [2.05, 4.69) is 27.3 Å². The maximum absolute atomic E-state index is 13.0. The Morgan fingerprint density at radius 2 is 1.74 bits per heavy atom. The molecule has 4 rings (SSSR count). The molecule has 5 nitrogen and oxygen atoms in total. The van der Waals surface area contributed by atoms with Gasteiger partial charge in [-0.1, -0.05) is 54.2 Å². The van der Waals surface area contributed by atoms with E-state index in [-0.39, 0.29) is 5.82 Å². The number of anilines is 1. The molecule has 136 valence electrons. The summed E-state index contributed by atoms with van der Waals surface area (Å²) in [5, 5.41) is 9.27. The zero-order valence-electron chi connectivity index (χ0n) is 14.8. The molecule has 0 saturated heterocycles. The highest BCUT2D eigenvalue weighted by Gasteiger charge is 2.16. The first-order valence-corrected chi connectivity index (χ1v) is 9.51. The van der Waals surface area contributed by atoms with Crippen molar-refractivity contribution in [2.75, 3.05) is 5.73 Å². The van der Waals surface area contributed by atoms with E-state index in [1.54, 1.807) is 16.5 Å². The molecule has 0 saturated carbocycles. The number of hydrogen-bond donors (Lipinski definition) is 1. The second kappa shape index (κ2) is 7.36. The predicted molar refractivity (Wildman–Crippen MR) is 105 cm³/mol. The van der Waals surface area contributed by atoms with Crippen molar-refractivity contribution in [1.29, 1.82) is 0 Å². The van der Waals surface area contributed by atoms with Crippen molar-refractivity contribution in [3.8, 4) is 0 Å². The molecule has 0 atom stereocenters. The Bertz CT molecular complexity index is 1080. The average Bonchev–Trinajstić information content (AvgIpc) is 3.11. The number of nitrogens with two attached hydrogens (primary N) is 1. The number of hydrogen-bond acceptors (Lipinski definition) is 5. The fourth-order valence-corrected chi connectivity index (χ4v) is 3.80. The van der Waals surface area contributed by atoms with Crippen molar-refractivity contribution in [3.05, 3.63) is 82.8 Å². The number of benzene rings is 2. The van der Waals surface area contributed by atoms with Crippen LogP contribution in [0, 0.1) is 12.7 Å². The molecular formula is C20H18FN5S. The van der Waals surface area contributed by atoms with E-state index >= 15 is 0 Å². The SMILES string of the molecule is Cc1c(Cc2ccccc2)nc(N)n2c(SCc3ccc(F)cc3)nnc12. The van der Waals surface area contributed by atoms with Gasteiger partial charge >= 0.3 is 0 Å². The summed E-state index contributed by atoms with van der Waals surface area (Å²) in [6.45, 7) is 1.99. The van der Waals surface area contributed by atoms with Gasteiger partial charge in [0.25, 0.3) is 0 Å². The monoisotopic (exact) mass is 379 g/mol. The Morgan fingerprint density at radius 3 is 2.48 bits per heavy atom. The molecule has 0 spiro atoms. The van der Waals surface area contributed by atoms with Gasteiger partial charge in [-0.25, -0.2) is 13.8 Å². The lowest BCUT2D eigenvalue weighted by Gasteiger charge is -2.10. The van der Waals surface area contributed by atoms with Crippen LogP contribution in [0.25, 0.3) is 5.65 Å². The predicted octanol–water partition coefficient (Wildman–Crippen LogP) is 4.04. The van der Waals surface area contributed by atoms with Gasteiger partial charge in [-0.2, -0.15) is 0 Å². The van der Waals surface area contributed by atoms with Crippen LogP contribution in [0.5, 0.6) is 0 Å². The van der Waals surface area contributed by atoms with Crippen LogP contribution >= 0.6 is 11.8 Å². The lowest BCUT2D eigenvalue weighted by atomic mass is 10.1. The van der Waals surface area contributed by atoms with Crippen molar-refractivity contribution in [1.82, 2.24) is 19.6 Å². The number of halogens is 1. The minimum absolute atomic E-state index is 0.244. The molecule has 0 unspecified atom stereocenters. The summed E-state index contributed by atoms with van der Waals surface area (Å²) in [5.41, 5.74) is 11.0. The summed E-state index contributed by atoms with van der Waals surface area (Å²) in [6, 6.07) is 16.6. The first kappa shape index (κ1) is 17.5. The molecule has 0 aliphatic rings.